The second-order valence-electron chi connectivity index (χ2n) is 5.05. The molecule has 10 heteroatoms. The maximum absolute atomic E-state index is 5.92. The van der Waals surface area contributed by atoms with Crippen LogP contribution in [0.1, 0.15) is 18.3 Å². The first-order valence-electron chi connectivity index (χ1n) is 7.32. The molecule has 0 aliphatic heterocycles. The molecule has 0 saturated carbocycles. The van der Waals surface area contributed by atoms with Gasteiger partial charge >= 0.3 is 0 Å². The van der Waals surface area contributed by atoms with E-state index in [2.05, 4.69) is 25.5 Å². The molecule has 0 fully saturated rings. The number of nitrogens with one attached hydrogen (secondary N) is 2. The van der Waals surface area contributed by atoms with E-state index in [0.717, 1.165) is 23.5 Å². The standard InChI is InChI=1S/C16H17ClN6.3ClH/c17-14-10-11(7-9-19-14)15-21-16(23-22-15)13(6-8-18)20-12-4-2-1-3-5-12;;;/h1-5,7,9-10,13,20H,6,8,18H2,(H,21,22,23);3*1H. The maximum Gasteiger partial charge on any atom is 0.181 e. The average Bonchev–Trinajstić information content (AvgIpc) is 3.05. The van der Waals surface area contributed by atoms with Crippen molar-refractivity contribution in [3.8, 4) is 11.4 Å². The van der Waals surface area contributed by atoms with Crippen LogP contribution in [-0.2, 0) is 0 Å². The largest absolute Gasteiger partial charge is 0.375 e. The number of hydrogen-bond acceptors (Lipinski definition) is 5. The molecule has 0 aliphatic carbocycles. The highest BCUT2D eigenvalue weighted by atomic mass is 35.5. The molecule has 0 radical (unpaired) electrons. The molecule has 0 aliphatic rings. The number of aromatic nitrogens is 4. The van der Waals surface area contributed by atoms with Crippen molar-refractivity contribution in [2.45, 2.75) is 12.5 Å². The van der Waals surface area contributed by atoms with Gasteiger partial charge in [0.05, 0.1) is 6.04 Å². The molecular formula is C16H20Cl4N6. The third kappa shape index (κ3) is 6.30. The summed E-state index contributed by atoms with van der Waals surface area (Å²) in [5, 5.41) is 11.1. The van der Waals surface area contributed by atoms with Crippen LogP contribution in [0.4, 0.5) is 5.69 Å². The number of nitrogens with two attached hydrogens (primary N) is 1. The Bertz CT molecular complexity index is 768. The zero-order valence-corrected chi connectivity index (χ0v) is 16.8. The third-order valence-electron chi connectivity index (χ3n) is 3.39. The third-order valence-corrected chi connectivity index (χ3v) is 3.59. The van der Waals surface area contributed by atoms with Crippen molar-refractivity contribution in [1.29, 1.82) is 0 Å². The number of pyridine rings is 1. The lowest BCUT2D eigenvalue weighted by molar-refractivity contribution is 0.663. The van der Waals surface area contributed by atoms with Crippen molar-refractivity contribution in [3.05, 3.63) is 59.6 Å². The van der Waals surface area contributed by atoms with Crippen LogP contribution in [0.2, 0.25) is 5.15 Å². The molecule has 2 aromatic heterocycles. The van der Waals surface area contributed by atoms with Crippen molar-refractivity contribution in [3.63, 3.8) is 0 Å². The Kier molecular flexibility index (Phi) is 11.2. The van der Waals surface area contributed by atoms with E-state index in [-0.39, 0.29) is 43.3 Å². The smallest absolute Gasteiger partial charge is 0.181 e. The first-order chi connectivity index (χ1) is 11.3. The molecule has 26 heavy (non-hydrogen) atoms. The van der Waals surface area contributed by atoms with E-state index in [1.165, 1.54) is 0 Å². The van der Waals surface area contributed by atoms with Crippen LogP contribution in [-0.4, -0.2) is 26.7 Å². The molecule has 4 N–H and O–H groups in total. The molecule has 3 aromatic rings. The Labute approximate surface area is 175 Å². The van der Waals surface area contributed by atoms with Gasteiger partial charge in [0.1, 0.15) is 11.0 Å². The first kappa shape index (κ1) is 24.4. The molecule has 0 spiro atoms. The van der Waals surface area contributed by atoms with Crippen LogP contribution >= 0.6 is 48.8 Å². The van der Waals surface area contributed by atoms with Crippen molar-refractivity contribution < 1.29 is 0 Å². The van der Waals surface area contributed by atoms with E-state index in [9.17, 15) is 0 Å². The second-order valence-corrected chi connectivity index (χ2v) is 5.44. The van der Waals surface area contributed by atoms with Crippen LogP contribution < -0.4 is 11.1 Å². The number of H-pyrrole nitrogens is 1. The van der Waals surface area contributed by atoms with Gasteiger partial charge in [-0.25, -0.2) is 9.97 Å². The highest BCUT2D eigenvalue weighted by Gasteiger charge is 2.16. The predicted octanol–water partition coefficient (Wildman–Crippen LogP) is 4.29. The van der Waals surface area contributed by atoms with Crippen LogP contribution in [0, 0.1) is 0 Å². The van der Waals surface area contributed by atoms with Gasteiger partial charge in [-0.05, 0) is 37.2 Å². The van der Waals surface area contributed by atoms with E-state index in [0.29, 0.717) is 17.5 Å². The van der Waals surface area contributed by atoms with Crippen LogP contribution in [0.5, 0.6) is 0 Å². The van der Waals surface area contributed by atoms with Gasteiger partial charge in [-0.15, -0.1) is 37.2 Å². The quantitative estimate of drug-likeness (QED) is 0.500. The molecular weight excluding hydrogens is 418 g/mol. The summed E-state index contributed by atoms with van der Waals surface area (Å²) in [6.07, 6.45) is 2.37. The minimum absolute atomic E-state index is 0. The first-order valence-corrected chi connectivity index (χ1v) is 7.70. The van der Waals surface area contributed by atoms with Gasteiger partial charge in [-0.1, -0.05) is 29.8 Å². The lowest BCUT2D eigenvalue weighted by Gasteiger charge is -2.16. The Morgan fingerprint density at radius 2 is 1.85 bits per heavy atom. The average molecular weight is 438 g/mol. The van der Waals surface area contributed by atoms with Crippen LogP contribution in [0.3, 0.4) is 0 Å². The molecule has 2 heterocycles. The van der Waals surface area contributed by atoms with E-state index in [1.54, 1.807) is 12.3 Å². The molecule has 1 aromatic carbocycles. The fraction of sp³-hybridized carbons (Fsp3) is 0.188. The van der Waals surface area contributed by atoms with Crippen molar-refractivity contribution in [1.82, 2.24) is 20.2 Å². The predicted molar refractivity (Wildman–Crippen MR) is 113 cm³/mol. The summed E-state index contributed by atoms with van der Waals surface area (Å²) >= 11 is 5.92. The van der Waals surface area contributed by atoms with Crippen LogP contribution in [0.25, 0.3) is 11.4 Å². The zero-order chi connectivity index (χ0) is 16.1. The Balaban J connectivity index is 0.00000208. The molecule has 142 valence electrons. The highest BCUT2D eigenvalue weighted by molar-refractivity contribution is 6.29. The number of halogens is 4. The Morgan fingerprint density at radius 1 is 1.12 bits per heavy atom. The van der Waals surface area contributed by atoms with Gasteiger partial charge in [-0.3, -0.25) is 5.10 Å². The second kappa shape index (κ2) is 11.9. The number of anilines is 1. The summed E-state index contributed by atoms with van der Waals surface area (Å²) in [5.41, 5.74) is 7.56. The number of rotatable bonds is 6. The van der Waals surface area contributed by atoms with Crippen molar-refractivity contribution in [2.24, 2.45) is 5.73 Å². The molecule has 0 saturated heterocycles. The van der Waals surface area contributed by atoms with Gasteiger partial charge in [0.25, 0.3) is 0 Å². The molecule has 1 unspecified atom stereocenters. The fourth-order valence-electron chi connectivity index (χ4n) is 2.28. The Hall–Kier alpha value is -1.57. The van der Waals surface area contributed by atoms with Crippen molar-refractivity contribution >= 4 is 54.5 Å². The number of para-hydroxylation sites is 1. The molecule has 0 bridgehead atoms. The number of aromatic amines is 1. The monoisotopic (exact) mass is 436 g/mol. The summed E-state index contributed by atoms with van der Waals surface area (Å²) < 4.78 is 0. The Morgan fingerprint density at radius 3 is 2.50 bits per heavy atom. The van der Waals surface area contributed by atoms with Gasteiger partial charge in [0.15, 0.2) is 5.82 Å². The van der Waals surface area contributed by atoms with E-state index in [1.807, 2.05) is 36.4 Å². The molecule has 1 atom stereocenters. The van der Waals surface area contributed by atoms with Crippen LogP contribution in [0.15, 0.2) is 48.7 Å². The zero-order valence-electron chi connectivity index (χ0n) is 13.6. The summed E-state index contributed by atoms with van der Waals surface area (Å²) in [7, 11) is 0. The number of nitrogens with zero attached hydrogens (tertiary/aromatic N) is 3. The summed E-state index contributed by atoms with van der Waals surface area (Å²) in [6.45, 7) is 0.543. The SMILES string of the molecule is Cl.Cl.Cl.NCCC(Nc1ccccc1)c1nc(-c2ccnc(Cl)c2)n[nH]1. The van der Waals surface area contributed by atoms with Gasteiger partial charge in [0.2, 0.25) is 0 Å². The minimum Gasteiger partial charge on any atom is -0.375 e. The normalized spacial score (nSPS) is 10.7. The van der Waals surface area contributed by atoms with E-state index in [4.69, 9.17) is 17.3 Å². The maximum atomic E-state index is 5.92. The van der Waals surface area contributed by atoms with Crippen molar-refractivity contribution in [2.75, 3.05) is 11.9 Å². The number of hydrogen-bond donors (Lipinski definition) is 3. The lowest BCUT2D eigenvalue weighted by Crippen LogP contribution is -2.16. The molecule has 3 rings (SSSR count). The van der Waals surface area contributed by atoms with E-state index < -0.39 is 0 Å². The fourth-order valence-corrected chi connectivity index (χ4v) is 2.45. The highest BCUT2D eigenvalue weighted by Crippen LogP contribution is 2.23. The topological polar surface area (TPSA) is 92.5 Å². The van der Waals surface area contributed by atoms with Gasteiger partial charge < -0.3 is 11.1 Å². The molecule has 6 nitrogen and oxygen atoms in total. The lowest BCUT2D eigenvalue weighted by atomic mass is 10.1. The number of benzene rings is 1. The van der Waals surface area contributed by atoms with Gasteiger partial charge in [-0.2, -0.15) is 5.10 Å². The summed E-state index contributed by atoms with van der Waals surface area (Å²) in [6, 6.07) is 13.5. The summed E-state index contributed by atoms with van der Waals surface area (Å²) in [4.78, 5) is 8.53. The minimum atomic E-state index is -0.0408. The van der Waals surface area contributed by atoms with E-state index >= 15 is 0 Å². The molecule has 0 amide bonds. The van der Waals surface area contributed by atoms with Gasteiger partial charge in [0, 0.05) is 17.4 Å². The summed E-state index contributed by atoms with van der Waals surface area (Å²) in [5.74, 6) is 1.32.